The summed E-state index contributed by atoms with van der Waals surface area (Å²) >= 11 is 1.57. The first-order chi connectivity index (χ1) is 13.2. The van der Waals surface area contributed by atoms with Gasteiger partial charge in [0.1, 0.15) is 5.82 Å². The summed E-state index contributed by atoms with van der Waals surface area (Å²) in [5, 5.41) is 5.89. The molecule has 27 heavy (non-hydrogen) atoms. The minimum Gasteiger partial charge on any atom is -0.219 e. The van der Waals surface area contributed by atoms with Gasteiger partial charge in [-0.05, 0) is 49.4 Å². The van der Waals surface area contributed by atoms with E-state index in [-0.39, 0.29) is 5.82 Å². The highest BCUT2D eigenvalue weighted by Crippen LogP contribution is 2.42. The van der Waals surface area contributed by atoms with Crippen LogP contribution in [0.1, 0.15) is 24.5 Å². The molecule has 133 valence electrons. The summed E-state index contributed by atoms with van der Waals surface area (Å²) in [4.78, 5) is 9.93. The van der Waals surface area contributed by atoms with Gasteiger partial charge in [-0.25, -0.2) is 14.4 Å². The highest BCUT2D eigenvalue weighted by molar-refractivity contribution is 7.98. The maximum Gasteiger partial charge on any atom is 0.251 e. The van der Waals surface area contributed by atoms with Gasteiger partial charge in [-0.2, -0.15) is 9.78 Å². The molecule has 0 bridgehead atoms. The molecule has 0 spiro atoms. The average Bonchev–Trinajstić information content (AvgIpc) is 3.49. The van der Waals surface area contributed by atoms with Crippen molar-refractivity contribution < 1.29 is 4.39 Å². The van der Waals surface area contributed by atoms with Crippen molar-refractivity contribution in [1.29, 1.82) is 0 Å². The van der Waals surface area contributed by atoms with Crippen LogP contribution in [0.15, 0.2) is 53.7 Å². The molecule has 1 aliphatic carbocycles. The molecule has 0 saturated heterocycles. The molecule has 4 nitrogen and oxygen atoms in total. The van der Waals surface area contributed by atoms with Gasteiger partial charge in [0, 0.05) is 39.7 Å². The van der Waals surface area contributed by atoms with E-state index in [1.165, 1.54) is 18.9 Å². The van der Waals surface area contributed by atoms with Gasteiger partial charge in [-0.15, -0.1) is 11.8 Å². The van der Waals surface area contributed by atoms with Gasteiger partial charge in [-0.3, -0.25) is 0 Å². The predicted molar refractivity (Wildman–Crippen MR) is 105 cm³/mol. The Morgan fingerprint density at radius 1 is 1.19 bits per heavy atom. The smallest absolute Gasteiger partial charge is 0.219 e. The fourth-order valence-corrected chi connectivity index (χ4v) is 3.70. The maximum absolute atomic E-state index is 14.2. The third kappa shape index (κ3) is 2.90. The minimum absolute atomic E-state index is 0.278. The number of hydrogen-bond acceptors (Lipinski definition) is 4. The van der Waals surface area contributed by atoms with Gasteiger partial charge >= 0.3 is 0 Å². The third-order valence-electron chi connectivity index (χ3n) is 4.83. The van der Waals surface area contributed by atoms with Crippen LogP contribution in [0.25, 0.3) is 28.0 Å². The molecule has 1 fully saturated rings. The Labute approximate surface area is 160 Å². The normalized spacial score (nSPS) is 14.0. The molecular formula is C21H16FN4S. The fourth-order valence-electron chi connectivity index (χ4n) is 3.26. The summed E-state index contributed by atoms with van der Waals surface area (Å²) in [6.07, 6.45) is 7.63. The lowest BCUT2D eigenvalue weighted by atomic mass is 10.1. The first-order valence-corrected chi connectivity index (χ1v) is 10.0. The van der Waals surface area contributed by atoms with Crippen LogP contribution in [0.2, 0.25) is 0 Å². The van der Waals surface area contributed by atoms with E-state index in [4.69, 9.17) is 5.10 Å². The summed E-state index contributed by atoms with van der Waals surface area (Å²) in [6, 6.07) is 14.0. The maximum atomic E-state index is 14.2. The van der Waals surface area contributed by atoms with Crippen LogP contribution in [0.4, 0.5) is 4.39 Å². The standard InChI is InChI=1S/C21H16FN4S/c1-27-15-8-9-18(22)17(10-15)14-11-23-21(24-12-14)26-19-5-3-2-4-16(19)20(25-26)13-6-7-13/h2,4-5,8-13H,6-7H2,1H3. The second-order valence-electron chi connectivity index (χ2n) is 6.63. The number of aromatic nitrogens is 4. The molecule has 5 rings (SSSR count). The molecule has 1 radical (unpaired) electrons. The first-order valence-electron chi connectivity index (χ1n) is 8.79. The summed E-state index contributed by atoms with van der Waals surface area (Å²) in [7, 11) is 0. The van der Waals surface area contributed by atoms with Gasteiger partial charge < -0.3 is 0 Å². The zero-order valence-electron chi connectivity index (χ0n) is 14.7. The first kappa shape index (κ1) is 16.4. The second kappa shape index (κ2) is 6.46. The Morgan fingerprint density at radius 2 is 2.00 bits per heavy atom. The lowest BCUT2D eigenvalue weighted by Gasteiger charge is -2.06. The SMILES string of the molecule is CSc1ccc(F)c(-c2cnc(-n3nc(C4CC4)c4cc[c]cc43)nc2)c1. The topological polar surface area (TPSA) is 43.6 Å². The van der Waals surface area contributed by atoms with E-state index in [1.54, 1.807) is 34.9 Å². The van der Waals surface area contributed by atoms with Gasteiger partial charge in [0.05, 0.1) is 11.2 Å². The molecule has 2 heterocycles. The predicted octanol–water partition coefficient (Wildman–Crippen LogP) is 5.02. The number of halogens is 1. The largest absolute Gasteiger partial charge is 0.251 e. The molecule has 6 heteroatoms. The third-order valence-corrected chi connectivity index (χ3v) is 5.56. The number of benzene rings is 2. The Kier molecular flexibility index (Phi) is 3.93. The Hall–Kier alpha value is -2.73. The highest BCUT2D eigenvalue weighted by Gasteiger charge is 2.29. The van der Waals surface area contributed by atoms with E-state index in [0.29, 0.717) is 23.0 Å². The van der Waals surface area contributed by atoms with Crippen molar-refractivity contribution in [2.45, 2.75) is 23.7 Å². The molecule has 0 amide bonds. The Morgan fingerprint density at radius 3 is 2.74 bits per heavy atom. The number of thioether (sulfide) groups is 1. The Balaban J connectivity index is 1.58. The monoisotopic (exact) mass is 375 g/mol. The summed E-state index contributed by atoms with van der Waals surface area (Å²) in [5.74, 6) is 0.731. The van der Waals surface area contributed by atoms with Crippen molar-refractivity contribution in [3.63, 3.8) is 0 Å². The molecule has 0 aliphatic heterocycles. The molecule has 1 aliphatic rings. The van der Waals surface area contributed by atoms with Gasteiger partial charge in [0.25, 0.3) is 5.95 Å². The number of rotatable bonds is 4. The molecule has 2 aromatic carbocycles. The average molecular weight is 375 g/mol. The summed E-state index contributed by atoms with van der Waals surface area (Å²) in [6.45, 7) is 0. The highest BCUT2D eigenvalue weighted by atomic mass is 32.2. The Bertz CT molecular complexity index is 1130. The van der Waals surface area contributed by atoms with Crippen molar-refractivity contribution in [3.8, 4) is 17.1 Å². The van der Waals surface area contributed by atoms with Gasteiger partial charge in [-0.1, -0.05) is 12.1 Å². The van der Waals surface area contributed by atoms with Crippen LogP contribution in [-0.4, -0.2) is 26.0 Å². The van der Waals surface area contributed by atoms with Crippen LogP contribution in [0.3, 0.4) is 0 Å². The number of fused-ring (bicyclic) bond motifs is 1. The lowest BCUT2D eigenvalue weighted by Crippen LogP contribution is -2.03. The van der Waals surface area contributed by atoms with Crippen molar-refractivity contribution >= 4 is 22.7 Å². The van der Waals surface area contributed by atoms with Crippen molar-refractivity contribution in [1.82, 2.24) is 19.7 Å². The van der Waals surface area contributed by atoms with Crippen LogP contribution >= 0.6 is 11.8 Å². The minimum atomic E-state index is -0.278. The molecule has 2 aromatic heterocycles. The van der Waals surface area contributed by atoms with Crippen molar-refractivity contribution in [2.75, 3.05) is 6.26 Å². The van der Waals surface area contributed by atoms with Crippen LogP contribution in [0, 0.1) is 11.9 Å². The van der Waals surface area contributed by atoms with E-state index in [0.717, 1.165) is 21.5 Å². The molecule has 0 unspecified atom stereocenters. The van der Waals surface area contributed by atoms with E-state index in [2.05, 4.69) is 16.0 Å². The van der Waals surface area contributed by atoms with Gasteiger partial charge in [0.2, 0.25) is 0 Å². The zero-order valence-corrected chi connectivity index (χ0v) is 15.5. The van der Waals surface area contributed by atoms with Crippen LogP contribution < -0.4 is 0 Å². The zero-order chi connectivity index (χ0) is 18.4. The van der Waals surface area contributed by atoms with Crippen LogP contribution in [0.5, 0.6) is 0 Å². The van der Waals surface area contributed by atoms with E-state index in [9.17, 15) is 4.39 Å². The molecule has 1 saturated carbocycles. The number of nitrogens with zero attached hydrogens (tertiary/aromatic N) is 4. The van der Waals surface area contributed by atoms with E-state index < -0.39 is 0 Å². The van der Waals surface area contributed by atoms with Crippen LogP contribution in [-0.2, 0) is 0 Å². The molecular weight excluding hydrogens is 359 g/mol. The van der Waals surface area contributed by atoms with Crippen molar-refractivity contribution in [3.05, 3.63) is 66.4 Å². The molecule has 0 N–H and O–H groups in total. The van der Waals surface area contributed by atoms with Gasteiger partial charge in [0.15, 0.2) is 0 Å². The second-order valence-corrected chi connectivity index (χ2v) is 7.51. The van der Waals surface area contributed by atoms with Crippen molar-refractivity contribution in [2.24, 2.45) is 0 Å². The summed E-state index contributed by atoms with van der Waals surface area (Å²) < 4.78 is 16.0. The molecule has 4 aromatic rings. The quantitative estimate of drug-likeness (QED) is 0.470. The lowest BCUT2D eigenvalue weighted by molar-refractivity contribution is 0.630. The van der Waals surface area contributed by atoms with E-state index in [1.807, 2.05) is 30.5 Å². The van der Waals surface area contributed by atoms with E-state index >= 15 is 0 Å². The number of hydrogen-bond donors (Lipinski definition) is 0. The fraction of sp³-hybridized carbons (Fsp3) is 0.190. The summed E-state index contributed by atoms with van der Waals surface area (Å²) in [5.41, 5.74) is 3.21. The molecule has 0 atom stereocenters.